The Morgan fingerprint density at radius 3 is 1.79 bits per heavy atom. The molecule has 0 bridgehead atoms. The predicted molar refractivity (Wildman–Crippen MR) is 162 cm³/mol. The summed E-state index contributed by atoms with van der Waals surface area (Å²) < 4.78 is 79.5. The van der Waals surface area contributed by atoms with Crippen LogP contribution < -0.4 is 0 Å². The van der Waals surface area contributed by atoms with E-state index >= 15 is 0 Å². The molecule has 0 aliphatic rings. The molecule has 0 radical (unpaired) electrons. The minimum absolute atomic E-state index is 0.0442. The zero-order chi connectivity index (χ0) is 30.8. The highest BCUT2D eigenvalue weighted by Gasteiger charge is 2.24. The molecule has 0 aliphatic carbocycles. The van der Waals surface area contributed by atoms with Crippen LogP contribution in [0.15, 0.2) is 125 Å². The number of carbonyl (C=O) groups excluding carboxylic acids is 1. The molecule has 0 aliphatic heterocycles. The van der Waals surface area contributed by atoms with Gasteiger partial charge in [0.2, 0.25) is 0 Å². The molecule has 220 valence electrons. The average molecular weight is 641 g/mol. The standard InChI is InChI=1S/C17H13ClFNO3S.C14H10FNO2S/c18-9-8-17(21)15-11-20(16-7-6-12(19)10-14(15)16)24(22,23)13-4-2-1-3-5-13;15-12-6-7-14-11(10-12)8-9-16(14)19(17,18)13-4-2-1-3-5-13/h1-7,10-11H,8-9H2;1-10H. The average Bonchev–Trinajstić information content (AvgIpc) is 3.61. The zero-order valence-corrected chi connectivity index (χ0v) is 24.7. The van der Waals surface area contributed by atoms with E-state index in [2.05, 4.69) is 0 Å². The number of alkyl halides is 1. The van der Waals surface area contributed by atoms with E-state index in [1.165, 1.54) is 60.9 Å². The Morgan fingerprint density at radius 1 is 0.674 bits per heavy atom. The number of nitrogens with zero attached hydrogens (tertiary/aromatic N) is 2. The Hall–Kier alpha value is -4.32. The van der Waals surface area contributed by atoms with Gasteiger partial charge in [-0.05, 0) is 66.7 Å². The molecule has 0 unspecified atom stereocenters. The predicted octanol–water partition coefficient (Wildman–Crippen LogP) is 6.85. The highest BCUT2D eigenvalue weighted by atomic mass is 35.5. The van der Waals surface area contributed by atoms with Gasteiger partial charge in [-0.25, -0.2) is 33.6 Å². The van der Waals surface area contributed by atoms with Crippen molar-refractivity contribution in [2.45, 2.75) is 16.2 Å². The lowest BCUT2D eigenvalue weighted by Gasteiger charge is -2.07. The van der Waals surface area contributed by atoms with Crippen molar-refractivity contribution in [3.8, 4) is 0 Å². The summed E-state index contributed by atoms with van der Waals surface area (Å²) in [7, 11) is -7.54. The molecule has 12 heteroatoms. The highest BCUT2D eigenvalue weighted by Crippen LogP contribution is 2.28. The molecule has 6 aromatic rings. The van der Waals surface area contributed by atoms with Gasteiger partial charge in [0.05, 0.1) is 20.8 Å². The van der Waals surface area contributed by atoms with Gasteiger partial charge in [0.25, 0.3) is 20.0 Å². The van der Waals surface area contributed by atoms with E-state index in [0.29, 0.717) is 10.9 Å². The number of halogens is 3. The van der Waals surface area contributed by atoms with E-state index in [9.17, 15) is 30.4 Å². The van der Waals surface area contributed by atoms with Crippen LogP contribution in [0.3, 0.4) is 0 Å². The molecule has 0 fully saturated rings. The Labute approximate surface area is 251 Å². The maximum atomic E-state index is 13.6. The molecule has 0 amide bonds. The largest absolute Gasteiger partial charge is 0.294 e. The van der Waals surface area contributed by atoms with E-state index in [0.717, 1.165) is 20.1 Å². The first-order valence-corrected chi connectivity index (χ1v) is 16.2. The highest BCUT2D eigenvalue weighted by molar-refractivity contribution is 7.90. The van der Waals surface area contributed by atoms with Gasteiger partial charge in [-0.3, -0.25) is 4.79 Å². The second-order valence-electron chi connectivity index (χ2n) is 9.31. The summed E-state index contributed by atoms with van der Waals surface area (Å²) in [5.41, 5.74) is 0.855. The number of carbonyl (C=O) groups is 1. The molecule has 0 saturated heterocycles. The maximum Gasteiger partial charge on any atom is 0.268 e. The number of hydrogen-bond acceptors (Lipinski definition) is 5. The molecule has 0 N–H and O–H groups in total. The lowest BCUT2D eigenvalue weighted by molar-refractivity contribution is 0.0990. The first-order valence-electron chi connectivity index (χ1n) is 12.8. The second-order valence-corrected chi connectivity index (χ2v) is 13.3. The lowest BCUT2D eigenvalue weighted by Crippen LogP contribution is -2.12. The van der Waals surface area contributed by atoms with Crippen molar-refractivity contribution >= 4 is 59.2 Å². The minimum atomic E-state index is -3.90. The zero-order valence-electron chi connectivity index (χ0n) is 22.3. The molecule has 0 spiro atoms. The molecule has 6 rings (SSSR count). The molecular weight excluding hydrogens is 618 g/mol. The Kier molecular flexibility index (Phi) is 8.50. The molecule has 0 saturated carbocycles. The van der Waals surface area contributed by atoms with Gasteiger partial charge >= 0.3 is 0 Å². The van der Waals surface area contributed by atoms with Crippen LogP contribution in [0.2, 0.25) is 0 Å². The first-order chi connectivity index (χ1) is 20.5. The Bertz CT molecular complexity index is 2160. The number of aromatic nitrogens is 2. The molecule has 2 heterocycles. The van der Waals surface area contributed by atoms with Crippen LogP contribution in [0.5, 0.6) is 0 Å². The van der Waals surface area contributed by atoms with Crippen LogP contribution in [0.1, 0.15) is 16.8 Å². The number of rotatable bonds is 7. The SMILES string of the molecule is O=C(CCCl)c1cn(S(=O)(=O)c2ccccc2)c2ccc(F)cc12.O=S(=O)(c1ccccc1)n1ccc2cc(F)ccc21. The third-order valence-corrected chi connectivity index (χ3v) is 10.2. The van der Waals surface area contributed by atoms with Crippen molar-refractivity contribution in [2.24, 2.45) is 0 Å². The smallest absolute Gasteiger partial charge is 0.268 e. The normalized spacial score (nSPS) is 11.8. The van der Waals surface area contributed by atoms with Gasteiger partial charge in [-0.2, -0.15) is 0 Å². The minimum Gasteiger partial charge on any atom is -0.294 e. The number of ketones is 1. The van der Waals surface area contributed by atoms with Gasteiger partial charge in [-0.15, -0.1) is 11.6 Å². The molecule has 7 nitrogen and oxygen atoms in total. The molecule has 2 aromatic heterocycles. The third-order valence-electron chi connectivity index (χ3n) is 6.57. The first kappa shape index (κ1) is 30.1. The fourth-order valence-corrected chi connectivity index (χ4v) is 7.46. The van der Waals surface area contributed by atoms with Crippen molar-refractivity contribution in [2.75, 3.05) is 5.88 Å². The molecule has 0 atom stereocenters. The van der Waals surface area contributed by atoms with Crippen LogP contribution in [0.4, 0.5) is 8.78 Å². The van der Waals surface area contributed by atoms with Crippen LogP contribution >= 0.6 is 11.6 Å². The fourth-order valence-electron chi connectivity index (χ4n) is 4.52. The van der Waals surface area contributed by atoms with Gasteiger partial charge in [0, 0.05) is 41.0 Å². The van der Waals surface area contributed by atoms with Gasteiger partial charge < -0.3 is 0 Å². The van der Waals surface area contributed by atoms with Crippen molar-refractivity contribution in [1.82, 2.24) is 7.94 Å². The maximum absolute atomic E-state index is 13.6. The van der Waals surface area contributed by atoms with E-state index in [1.807, 2.05) is 0 Å². The van der Waals surface area contributed by atoms with E-state index in [1.54, 1.807) is 42.5 Å². The summed E-state index contributed by atoms with van der Waals surface area (Å²) in [4.78, 5) is 12.5. The quantitative estimate of drug-likeness (QED) is 0.141. The summed E-state index contributed by atoms with van der Waals surface area (Å²) in [5.74, 6) is -1.16. The van der Waals surface area contributed by atoms with E-state index in [-0.39, 0.29) is 50.2 Å². The van der Waals surface area contributed by atoms with Gasteiger partial charge in [0.1, 0.15) is 11.6 Å². The van der Waals surface area contributed by atoms with Crippen molar-refractivity contribution in [3.63, 3.8) is 0 Å². The Morgan fingerprint density at radius 2 is 1.21 bits per heavy atom. The fraction of sp³-hybridized carbons (Fsp3) is 0.0645. The summed E-state index contributed by atoms with van der Waals surface area (Å²) >= 11 is 5.60. The lowest BCUT2D eigenvalue weighted by atomic mass is 10.1. The number of benzene rings is 4. The van der Waals surface area contributed by atoms with Crippen molar-refractivity contribution < 1.29 is 30.4 Å². The number of hydrogen-bond donors (Lipinski definition) is 0. The van der Waals surface area contributed by atoms with Crippen LogP contribution in [0.25, 0.3) is 21.8 Å². The number of Topliss-reactive ketones (excluding diaryl/α,β-unsaturated/α-hetero) is 1. The topological polar surface area (TPSA) is 95.2 Å². The summed E-state index contributed by atoms with van der Waals surface area (Å²) in [5, 5.41) is 0.809. The monoisotopic (exact) mass is 640 g/mol. The van der Waals surface area contributed by atoms with Crippen LogP contribution in [-0.2, 0) is 20.0 Å². The summed E-state index contributed by atoms with van der Waals surface area (Å²) in [6.07, 6.45) is 2.72. The van der Waals surface area contributed by atoms with Crippen molar-refractivity contribution in [3.05, 3.63) is 133 Å². The summed E-state index contributed by atoms with van der Waals surface area (Å²) in [6, 6.07) is 25.3. The third kappa shape index (κ3) is 5.96. The second kappa shape index (κ2) is 12.1. The van der Waals surface area contributed by atoms with Crippen LogP contribution in [-0.4, -0.2) is 36.4 Å². The summed E-state index contributed by atoms with van der Waals surface area (Å²) in [6.45, 7) is 0. The van der Waals surface area contributed by atoms with E-state index < -0.39 is 25.9 Å². The van der Waals surface area contributed by atoms with Crippen molar-refractivity contribution in [1.29, 1.82) is 0 Å². The Balaban J connectivity index is 0.000000176. The van der Waals surface area contributed by atoms with Gasteiger partial charge in [-0.1, -0.05) is 36.4 Å². The number of fused-ring (bicyclic) bond motifs is 2. The van der Waals surface area contributed by atoms with Gasteiger partial charge in [0.15, 0.2) is 5.78 Å². The van der Waals surface area contributed by atoms with E-state index in [4.69, 9.17) is 11.6 Å². The molecular formula is C31H23ClF2N2O5S2. The molecule has 43 heavy (non-hydrogen) atoms. The van der Waals surface area contributed by atoms with Crippen LogP contribution in [0, 0.1) is 11.6 Å². The molecule has 4 aromatic carbocycles.